The molecule has 0 amide bonds. The summed E-state index contributed by atoms with van der Waals surface area (Å²) in [7, 11) is 0. The summed E-state index contributed by atoms with van der Waals surface area (Å²) in [5.41, 5.74) is 10.4. The zero-order chi connectivity index (χ0) is 32.5. The molecule has 8 aromatic carbocycles. The Balaban J connectivity index is 1.16. The molecule has 0 bridgehead atoms. The van der Waals surface area contributed by atoms with Crippen LogP contribution in [0.25, 0.3) is 121 Å². The summed E-state index contributed by atoms with van der Waals surface area (Å²) < 4.78 is 25.5. The molecule has 0 fully saturated rings. The van der Waals surface area contributed by atoms with Crippen molar-refractivity contribution in [1.29, 1.82) is 0 Å². The topological polar surface area (TPSA) is 52.6 Å². The molecule has 12 rings (SSSR count). The predicted molar refractivity (Wildman–Crippen MR) is 204 cm³/mol. The first kappa shape index (κ1) is 26.2. The van der Waals surface area contributed by atoms with Crippen LogP contribution in [0.15, 0.2) is 163 Å². The van der Waals surface area contributed by atoms with Gasteiger partial charge in [-0.05, 0) is 81.2 Å². The van der Waals surface area contributed by atoms with Crippen LogP contribution in [0.3, 0.4) is 0 Å². The Bertz CT molecular complexity index is 3330. The van der Waals surface area contributed by atoms with Crippen LogP contribution >= 0.6 is 0 Å². The second kappa shape index (κ2) is 9.43. The molecule has 0 aliphatic heterocycles. The molecular weight excluding hydrogens is 617 g/mol. The van der Waals surface area contributed by atoms with E-state index in [4.69, 9.17) is 17.7 Å². The van der Waals surface area contributed by atoms with Gasteiger partial charge in [-0.3, -0.25) is 0 Å². The van der Waals surface area contributed by atoms with Gasteiger partial charge >= 0.3 is 0 Å². The standard InChI is InChI=1S/C46H24O4/c1-3-12-29-27(10-1)41(25-17-20-38-34(23-25)44-40(49-38)21-18-31-26-9-5-7-15-36(26)50-46(31)44)28-11-2-4-13-30(28)42(29)35-24-47-45-32(35)19-22-39-43(45)33-14-6-8-16-37(33)48-39/h1-24H. The molecule has 4 aromatic heterocycles. The van der Waals surface area contributed by atoms with E-state index in [1.165, 1.54) is 16.3 Å². The molecule has 0 radical (unpaired) electrons. The molecule has 0 N–H and O–H groups in total. The van der Waals surface area contributed by atoms with Crippen LogP contribution in [0, 0.1) is 0 Å². The molecular formula is C46H24O4. The SMILES string of the molecule is c1ccc2c(c1)oc1c2ccc2oc3ccc(-c4c5ccccc5c(-c5coc6c5ccc5oc7ccccc7c56)c5ccccc45)cc3c21. The Labute approximate surface area is 283 Å². The van der Waals surface area contributed by atoms with E-state index < -0.39 is 0 Å². The van der Waals surface area contributed by atoms with E-state index in [2.05, 4.69) is 109 Å². The van der Waals surface area contributed by atoms with E-state index in [0.717, 1.165) is 104 Å². The van der Waals surface area contributed by atoms with Crippen molar-refractivity contribution >= 4 is 98.3 Å². The van der Waals surface area contributed by atoms with Crippen molar-refractivity contribution < 1.29 is 17.7 Å². The zero-order valence-electron chi connectivity index (χ0n) is 26.5. The smallest absolute Gasteiger partial charge is 0.147 e. The number of rotatable bonds is 2. The maximum Gasteiger partial charge on any atom is 0.147 e. The van der Waals surface area contributed by atoms with Crippen molar-refractivity contribution in [3.63, 3.8) is 0 Å². The van der Waals surface area contributed by atoms with Gasteiger partial charge in [0.1, 0.15) is 39.1 Å². The molecule has 0 unspecified atom stereocenters. The van der Waals surface area contributed by atoms with Crippen molar-refractivity contribution in [3.8, 4) is 22.3 Å². The molecule has 4 heteroatoms. The lowest BCUT2D eigenvalue weighted by atomic mass is 9.85. The summed E-state index contributed by atoms with van der Waals surface area (Å²) in [5.74, 6) is 0. The Kier molecular flexibility index (Phi) is 4.94. The highest BCUT2D eigenvalue weighted by Gasteiger charge is 2.23. The number of hydrogen-bond donors (Lipinski definition) is 0. The van der Waals surface area contributed by atoms with Gasteiger partial charge in [-0.2, -0.15) is 0 Å². The van der Waals surface area contributed by atoms with Crippen LogP contribution in [0.4, 0.5) is 0 Å². The summed E-state index contributed by atoms with van der Waals surface area (Å²) in [6, 6.07) is 48.7. The number of fused-ring (bicyclic) bond motifs is 14. The van der Waals surface area contributed by atoms with Gasteiger partial charge in [0.25, 0.3) is 0 Å². The maximum absolute atomic E-state index is 6.48. The first-order chi connectivity index (χ1) is 24.8. The molecule has 0 aliphatic carbocycles. The predicted octanol–water partition coefficient (Wildman–Crippen LogP) is 13.8. The van der Waals surface area contributed by atoms with E-state index >= 15 is 0 Å². The van der Waals surface area contributed by atoms with Crippen LogP contribution in [0.5, 0.6) is 0 Å². The van der Waals surface area contributed by atoms with Gasteiger partial charge in [0.15, 0.2) is 0 Å². The summed E-state index contributed by atoms with van der Waals surface area (Å²) >= 11 is 0. The van der Waals surface area contributed by atoms with Crippen molar-refractivity contribution in [3.05, 3.63) is 146 Å². The van der Waals surface area contributed by atoms with Gasteiger partial charge in [-0.1, -0.05) is 91.0 Å². The third kappa shape index (κ3) is 3.34. The minimum atomic E-state index is 0.820. The van der Waals surface area contributed by atoms with E-state index in [9.17, 15) is 0 Å². The first-order valence-corrected chi connectivity index (χ1v) is 16.8. The summed E-state index contributed by atoms with van der Waals surface area (Å²) in [6.07, 6.45) is 1.92. The lowest BCUT2D eigenvalue weighted by Crippen LogP contribution is -1.90. The monoisotopic (exact) mass is 640 g/mol. The molecule has 50 heavy (non-hydrogen) atoms. The van der Waals surface area contributed by atoms with Gasteiger partial charge in [0, 0.05) is 38.1 Å². The lowest BCUT2D eigenvalue weighted by molar-refractivity contribution is 0.619. The number of para-hydroxylation sites is 2. The minimum absolute atomic E-state index is 0.820. The average Bonchev–Trinajstić information content (AvgIpc) is 3.94. The van der Waals surface area contributed by atoms with Gasteiger partial charge in [-0.25, -0.2) is 0 Å². The Morgan fingerprint density at radius 1 is 0.320 bits per heavy atom. The quantitative estimate of drug-likeness (QED) is 0.176. The van der Waals surface area contributed by atoms with Crippen LogP contribution in [0.1, 0.15) is 0 Å². The third-order valence-electron chi connectivity index (χ3n) is 10.5. The Morgan fingerprint density at radius 3 is 1.54 bits per heavy atom. The van der Waals surface area contributed by atoms with Crippen LogP contribution in [-0.2, 0) is 0 Å². The highest BCUT2D eigenvalue weighted by molar-refractivity contribution is 6.27. The highest BCUT2D eigenvalue weighted by atomic mass is 16.3. The molecule has 0 saturated carbocycles. The zero-order valence-corrected chi connectivity index (χ0v) is 26.5. The highest BCUT2D eigenvalue weighted by Crippen LogP contribution is 2.48. The van der Waals surface area contributed by atoms with E-state index in [1.807, 2.05) is 36.6 Å². The Hall–Kier alpha value is -6.78. The van der Waals surface area contributed by atoms with Gasteiger partial charge in [0.05, 0.1) is 17.0 Å². The van der Waals surface area contributed by atoms with E-state index in [-0.39, 0.29) is 0 Å². The maximum atomic E-state index is 6.48. The molecule has 0 saturated heterocycles. The number of furan rings is 4. The van der Waals surface area contributed by atoms with Crippen molar-refractivity contribution in [1.82, 2.24) is 0 Å². The van der Waals surface area contributed by atoms with Crippen molar-refractivity contribution in [2.45, 2.75) is 0 Å². The number of benzene rings is 8. The fraction of sp³-hybridized carbons (Fsp3) is 0. The molecule has 0 spiro atoms. The van der Waals surface area contributed by atoms with Crippen molar-refractivity contribution in [2.75, 3.05) is 0 Å². The van der Waals surface area contributed by atoms with E-state index in [0.29, 0.717) is 0 Å². The third-order valence-corrected chi connectivity index (χ3v) is 10.5. The van der Waals surface area contributed by atoms with Crippen molar-refractivity contribution in [2.24, 2.45) is 0 Å². The van der Waals surface area contributed by atoms with Crippen LogP contribution < -0.4 is 0 Å². The fourth-order valence-corrected chi connectivity index (χ4v) is 8.42. The largest absolute Gasteiger partial charge is 0.463 e. The first-order valence-electron chi connectivity index (χ1n) is 16.8. The molecule has 4 nitrogen and oxygen atoms in total. The summed E-state index contributed by atoms with van der Waals surface area (Å²) in [6.45, 7) is 0. The average molecular weight is 641 g/mol. The lowest BCUT2D eigenvalue weighted by Gasteiger charge is -2.17. The molecule has 12 aromatic rings. The minimum Gasteiger partial charge on any atom is -0.463 e. The van der Waals surface area contributed by atoms with E-state index in [1.54, 1.807) is 0 Å². The van der Waals surface area contributed by atoms with Crippen LogP contribution in [0.2, 0.25) is 0 Å². The molecule has 232 valence electrons. The van der Waals surface area contributed by atoms with Crippen LogP contribution in [-0.4, -0.2) is 0 Å². The Morgan fingerprint density at radius 2 is 0.840 bits per heavy atom. The summed E-state index contributed by atoms with van der Waals surface area (Å²) in [4.78, 5) is 0. The molecule has 4 heterocycles. The fourth-order valence-electron chi connectivity index (χ4n) is 8.42. The molecule has 0 aliphatic rings. The second-order valence-electron chi connectivity index (χ2n) is 13.1. The second-order valence-corrected chi connectivity index (χ2v) is 13.1. The molecule has 0 atom stereocenters. The van der Waals surface area contributed by atoms with Gasteiger partial charge in [-0.15, -0.1) is 0 Å². The van der Waals surface area contributed by atoms with Gasteiger partial charge < -0.3 is 17.7 Å². The normalized spacial score (nSPS) is 12.4. The summed E-state index contributed by atoms with van der Waals surface area (Å²) in [5, 5.41) is 12.0. The van der Waals surface area contributed by atoms with Gasteiger partial charge in [0.2, 0.25) is 0 Å². The number of hydrogen-bond acceptors (Lipinski definition) is 4.